The van der Waals surface area contributed by atoms with Gasteiger partial charge in [-0.15, -0.1) is 0 Å². The highest BCUT2D eigenvalue weighted by Crippen LogP contribution is 2.50. The van der Waals surface area contributed by atoms with Gasteiger partial charge in [-0.1, -0.05) is 35.3 Å². The Morgan fingerprint density at radius 3 is 2.38 bits per heavy atom. The van der Waals surface area contributed by atoms with E-state index < -0.39 is 11.9 Å². The number of carbonyl (C=O) groups excluding carboxylic acids is 1. The Kier molecular flexibility index (Phi) is 6.99. The number of hydrogen-bond donors (Lipinski definition) is 1. The number of aromatic nitrogens is 2. The van der Waals surface area contributed by atoms with Crippen molar-refractivity contribution < 1.29 is 14.3 Å². The van der Waals surface area contributed by atoms with E-state index in [1.807, 2.05) is 55.1 Å². The highest BCUT2D eigenvalue weighted by atomic mass is 35.5. The van der Waals surface area contributed by atoms with Gasteiger partial charge in [-0.2, -0.15) is 0 Å². The van der Waals surface area contributed by atoms with E-state index in [0.717, 1.165) is 28.1 Å². The van der Waals surface area contributed by atoms with Crippen LogP contribution in [0.15, 0.2) is 47.3 Å². The van der Waals surface area contributed by atoms with Gasteiger partial charge in [0, 0.05) is 35.1 Å². The molecule has 0 radical (unpaired) electrons. The molecule has 2 aliphatic heterocycles. The summed E-state index contributed by atoms with van der Waals surface area (Å²) >= 11 is 12.8. The molecule has 1 amide bonds. The molecule has 0 saturated carbocycles. The van der Waals surface area contributed by atoms with Crippen molar-refractivity contribution >= 4 is 46.6 Å². The number of rotatable bonds is 6. The average molecular weight is 569 g/mol. The number of aliphatic imine (C=N–C) groups is 1. The number of fused-ring (bicyclic) bond motifs is 1. The molecule has 2 atom stereocenters. The quantitative estimate of drug-likeness (QED) is 0.381. The first kappa shape index (κ1) is 27.2. The van der Waals surface area contributed by atoms with Gasteiger partial charge in [0.05, 0.1) is 18.4 Å². The fourth-order valence-corrected chi connectivity index (χ4v) is 6.02. The molecule has 204 valence electrons. The van der Waals surface area contributed by atoms with Crippen molar-refractivity contribution in [1.82, 2.24) is 14.9 Å². The van der Waals surface area contributed by atoms with Gasteiger partial charge in [-0.3, -0.25) is 9.69 Å². The summed E-state index contributed by atoms with van der Waals surface area (Å²) in [7, 11) is 3.13. The first-order chi connectivity index (χ1) is 18.5. The van der Waals surface area contributed by atoms with Crippen LogP contribution >= 0.6 is 23.2 Å². The van der Waals surface area contributed by atoms with Crippen molar-refractivity contribution in [3.63, 3.8) is 0 Å². The van der Waals surface area contributed by atoms with Crippen LogP contribution in [0.3, 0.4) is 0 Å². The van der Waals surface area contributed by atoms with Crippen LogP contribution in [0, 0.1) is 13.8 Å². The second-order valence-electron chi connectivity index (χ2n) is 10.2. The smallest absolute Gasteiger partial charge is 0.280 e. The summed E-state index contributed by atoms with van der Waals surface area (Å²) in [5.74, 6) is 0.816. The third-order valence-corrected chi connectivity index (χ3v) is 7.84. The normalized spacial score (nSPS) is 20.6. The third-order valence-electron chi connectivity index (χ3n) is 7.37. The zero-order valence-corrected chi connectivity index (χ0v) is 24.5. The molecular formula is C29H31Cl2N5O3. The molecule has 0 saturated heterocycles. The lowest BCUT2D eigenvalue weighted by Gasteiger charge is -2.39. The molecule has 3 aromatic rings. The summed E-state index contributed by atoms with van der Waals surface area (Å²) in [5.41, 5.74) is 4.35. The molecule has 0 fully saturated rings. The number of amides is 1. The molecule has 39 heavy (non-hydrogen) atoms. The number of nitrogens with one attached hydrogen (secondary N) is 1. The number of aryl methyl sites for hydroxylation is 2. The minimum atomic E-state index is -0.936. The van der Waals surface area contributed by atoms with Crippen molar-refractivity contribution in [2.45, 2.75) is 52.6 Å². The van der Waals surface area contributed by atoms with Crippen LogP contribution in [0.5, 0.6) is 0 Å². The number of ether oxygens (including phenoxy) is 2. The fraction of sp³-hybridized carbons (Fsp3) is 0.345. The summed E-state index contributed by atoms with van der Waals surface area (Å²) < 4.78 is 13.1. The predicted molar refractivity (Wildman–Crippen MR) is 155 cm³/mol. The number of methoxy groups -OCH3 is 2. The van der Waals surface area contributed by atoms with Gasteiger partial charge in [0.15, 0.2) is 5.69 Å². The van der Waals surface area contributed by atoms with E-state index >= 15 is 0 Å². The summed E-state index contributed by atoms with van der Waals surface area (Å²) in [6.45, 7) is 10.2. The van der Waals surface area contributed by atoms with E-state index in [2.05, 4.69) is 35.6 Å². The van der Waals surface area contributed by atoms with E-state index in [4.69, 9.17) is 37.7 Å². The van der Waals surface area contributed by atoms with Gasteiger partial charge in [-0.05, 0) is 75.6 Å². The maximum atomic E-state index is 14.4. The summed E-state index contributed by atoms with van der Waals surface area (Å²) in [5, 5.41) is 4.29. The maximum absolute atomic E-state index is 14.4. The Morgan fingerprint density at radius 2 is 1.74 bits per heavy atom. The van der Waals surface area contributed by atoms with Crippen LogP contribution in [-0.2, 0) is 15.0 Å². The highest BCUT2D eigenvalue weighted by molar-refractivity contribution is 6.31. The molecular weight excluding hydrogens is 537 g/mol. The van der Waals surface area contributed by atoms with Crippen LogP contribution in [0.4, 0.5) is 5.69 Å². The minimum Gasteiger partial charge on any atom is -0.482 e. The molecule has 2 aromatic carbocycles. The number of anilines is 1. The topological polar surface area (TPSA) is 81.0 Å². The number of allylic oxidation sites excluding steroid dienone is 1. The number of carbonyl (C=O) groups is 1. The first-order valence-corrected chi connectivity index (χ1v) is 13.4. The van der Waals surface area contributed by atoms with E-state index in [0.29, 0.717) is 33.0 Å². The number of imidazole rings is 1. The van der Waals surface area contributed by atoms with Gasteiger partial charge in [0.2, 0.25) is 12.2 Å². The molecule has 5 rings (SSSR count). The predicted octanol–water partition coefficient (Wildman–Crippen LogP) is 6.23. The second kappa shape index (κ2) is 10.0. The molecule has 10 heteroatoms. The third kappa shape index (κ3) is 4.22. The summed E-state index contributed by atoms with van der Waals surface area (Å²) in [6.07, 6.45) is 1.09. The molecule has 2 aliphatic rings. The molecule has 0 spiro atoms. The SMILES string of the molecule is COC1=C(c2nc3c(n2C(C)C)C(C)(c2ccc(Cl)cc2C)N(c2cc(Cl)ccc2C)C3=O)C=NC(OC)N1. The van der Waals surface area contributed by atoms with Crippen LogP contribution in [-0.4, -0.2) is 42.2 Å². The fourth-order valence-electron chi connectivity index (χ4n) is 5.63. The van der Waals surface area contributed by atoms with Crippen LogP contribution in [0.2, 0.25) is 10.0 Å². The molecule has 8 nitrogen and oxygen atoms in total. The highest BCUT2D eigenvalue weighted by Gasteiger charge is 2.54. The second-order valence-corrected chi connectivity index (χ2v) is 11.0. The van der Waals surface area contributed by atoms with Crippen molar-refractivity contribution in [2.75, 3.05) is 19.1 Å². The largest absolute Gasteiger partial charge is 0.482 e. The van der Waals surface area contributed by atoms with Crippen molar-refractivity contribution in [3.05, 3.63) is 86.2 Å². The van der Waals surface area contributed by atoms with Gasteiger partial charge in [-0.25, -0.2) is 9.98 Å². The molecule has 0 aliphatic carbocycles. The first-order valence-electron chi connectivity index (χ1n) is 12.6. The molecule has 1 N–H and O–H groups in total. The Morgan fingerprint density at radius 1 is 1.05 bits per heavy atom. The Hall–Kier alpha value is -3.33. The Bertz CT molecular complexity index is 1540. The zero-order valence-electron chi connectivity index (χ0n) is 23.0. The van der Waals surface area contributed by atoms with Crippen molar-refractivity contribution in [1.29, 1.82) is 0 Å². The standard InChI is InChI=1S/C29H31Cl2N5O3/c1-15(2)35-24-23(33-25(35)20-14-32-28(39-7)34-26(20)38-6)27(37)36(22-13-19(31)9-8-16(22)3)29(24,5)21-11-10-18(30)12-17(21)4/h8-15,28,34H,1-7H3. The van der Waals surface area contributed by atoms with Crippen molar-refractivity contribution in [2.24, 2.45) is 4.99 Å². The van der Waals surface area contributed by atoms with E-state index in [-0.39, 0.29) is 11.9 Å². The number of benzene rings is 2. The van der Waals surface area contributed by atoms with Gasteiger partial charge < -0.3 is 19.4 Å². The zero-order chi connectivity index (χ0) is 28.2. The van der Waals surface area contributed by atoms with E-state index in [1.54, 1.807) is 20.4 Å². The van der Waals surface area contributed by atoms with Crippen LogP contribution in [0.25, 0.3) is 5.57 Å². The number of hydrogen-bond acceptors (Lipinski definition) is 6. The van der Waals surface area contributed by atoms with E-state index in [9.17, 15) is 4.79 Å². The summed E-state index contributed by atoms with van der Waals surface area (Å²) in [4.78, 5) is 25.6. The number of nitrogens with zero attached hydrogens (tertiary/aromatic N) is 4. The summed E-state index contributed by atoms with van der Waals surface area (Å²) in [6, 6.07) is 11.3. The average Bonchev–Trinajstić information content (AvgIpc) is 3.40. The Labute approximate surface area is 238 Å². The molecule has 1 aromatic heterocycles. The van der Waals surface area contributed by atoms with Crippen LogP contribution < -0.4 is 10.2 Å². The lowest BCUT2D eigenvalue weighted by molar-refractivity contribution is 0.0704. The van der Waals surface area contributed by atoms with Gasteiger partial charge in [0.1, 0.15) is 11.4 Å². The lowest BCUT2D eigenvalue weighted by atomic mass is 9.84. The monoisotopic (exact) mass is 567 g/mol. The van der Waals surface area contributed by atoms with Crippen molar-refractivity contribution in [3.8, 4) is 0 Å². The van der Waals surface area contributed by atoms with Gasteiger partial charge in [0.25, 0.3) is 5.91 Å². The lowest BCUT2D eigenvalue weighted by Crippen LogP contribution is -2.45. The minimum absolute atomic E-state index is 0.0597. The van der Waals surface area contributed by atoms with Crippen LogP contribution in [0.1, 0.15) is 65.5 Å². The molecule has 3 heterocycles. The van der Waals surface area contributed by atoms with Gasteiger partial charge >= 0.3 is 0 Å². The molecule has 0 bridgehead atoms. The number of halogens is 2. The Balaban J connectivity index is 1.84. The maximum Gasteiger partial charge on any atom is 0.280 e. The molecule has 2 unspecified atom stereocenters. The van der Waals surface area contributed by atoms with E-state index in [1.165, 1.54) is 0 Å².